The number of likely N-dealkylation sites (tertiary alicyclic amines) is 1. The summed E-state index contributed by atoms with van der Waals surface area (Å²) in [6, 6.07) is 2.73. The van der Waals surface area contributed by atoms with Gasteiger partial charge >= 0.3 is 12.2 Å². The number of alkyl halides is 3. The third-order valence-corrected chi connectivity index (χ3v) is 7.27. The number of nitrogens with zero attached hydrogens (tertiary/aromatic N) is 3. The number of hydrogen-bond acceptors (Lipinski definition) is 6. The van der Waals surface area contributed by atoms with Crippen LogP contribution in [0.15, 0.2) is 40.1 Å². The van der Waals surface area contributed by atoms with Crippen LogP contribution in [-0.2, 0) is 16.0 Å². The van der Waals surface area contributed by atoms with E-state index in [1.807, 2.05) is 0 Å². The lowest BCUT2D eigenvalue weighted by Crippen LogP contribution is -2.44. The second-order valence-corrected chi connectivity index (χ2v) is 9.07. The van der Waals surface area contributed by atoms with Crippen LogP contribution in [0.2, 0.25) is 0 Å². The van der Waals surface area contributed by atoms with Crippen molar-refractivity contribution in [3.63, 3.8) is 0 Å². The van der Waals surface area contributed by atoms with Crippen molar-refractivity contribution in [2.75, 3.05) is 18.4 Å². The van der Waals surface area contributed by atoms with Gasteiger partial charge in [-0.3, -0.25) is 10.3 Å². The van der Waals surface area contributed by atoms with Gasteiger partial charge in [0.05, 0.1) is 10.1 Å². The summed E-state index contributed by atoms with van der Waals surface area (Å²) in [7, 11) is -3.85. The van der Waals surface area contributed by atoms with Crippen molar-refractivity contribution in [2.45, 2.75) is 36.1 Å². The maximum absolute atomic E-state index is 12.8. The fourth-order valence-corrected chi connectivity index (χ4v) is 4.89. The van der Waals surface area contributed by atoms with Crippen molar-refractivity contribution in [3.8, 4) is 0 Å². The number of anilines is 1. The van der Waals surface area contributed by atoms with E-state index < -0.39 is 27.0 Å². The molecule has 0 unspecified atom stereocenters. The Balaban J connectivity index is 1.62. The van der Waals surface area contributed by atoms with E-state index in [9.17, 15) is 26.4 Å². The van der Waals surface area contributed by atoms with Gasteiger partial charge in [0.2, 0.25) is 0 Å². The lowest BCUT2D eigenvalue weighted by atomic mass is 9.94. The van der Waals surface area contributed by atoms with Crippen molar-refractivity contribution in [2.24, 2.45) is 5.92 Å². The summed E-state index contributed by atoms with van der Waals surface area (Å²) in [6.07, 6.45) is -1.67. The van der Waals surface area contributed by atoms with Crippen LogP contribution in [0.4, 0.5) is 23.8 Å². The van der Waals surface area contributed by atoms with Gasteiger partial charge in [0, 0.05) is 25.4 Å². The zero-order valence-corrected chi connectivity index (χ0v) is 16.2. The zero-order valence-electron chi connectivity index (χ0n) is 15.4. The zero-order chi connectivity index (χ0) is 21.2. The van der Waals surface area contributed by atoms with Crippen molar-refractivity contribution in [1.82, 2.24) is 15.0 Å². The van der Waals surface area contributed by atoms with Crippen molar-refractivity contribution in [1.29, 1.82) is 0 Å². The summed E-state index contributed by atoms with van der Waals surface area (Å²) in [5.74, 6) is 0.0428. The molecule has 3 heterocycles. The Morgan fingerprint density at radius 2 is 1.97 bits per heavy atom. The molecule has 2 aromatic heterocycles. The minimum Gasteiger partial charge on any atom is -0.363 e. The molecule has 3 rings (SSSR count). The van der Waals surface area contributed by atoms with Gasteiger partial charge in [-0.1, -0.05) is 5.16 Å². The fourth-order valence-electron chi connectivity index (χ4n) is 3.22. The van der Waals surface area contributed by atoms with E-state index in [0.29, 0.717) is 32.0 Å². The van der Waals surface area contributed by atoms with Gasteiger partial charge < -0.3 is 9.42 Å². The molecule has 1 fully saturated rings. The van der Waals surface area contributed by atoms with E-state index in [0.717, 1.165) is 12.3 Å². The number of carbonyl (C=O) groups excluding carboxylic acids is 1. The number of halogens is 3. The molecule has 1 saturated heterocycles. The summed E-state index contributed by atoms with van der Waals surface area (Å²) >= 11 is 0. The predicted molar refractivity (Wildman–Crippen MR) is 95.7 cm³/mol. The minimum absolute atomic E-state index is 0.238. The predicted octanol–water partition coefficient (Wildman–Crippen LogP) is 3.19. The maximum Gasteiger partial charge on any atom is 0.433 e. The third-order valence-electron chi connectivity index (χ3n) is 5.01. The van der Waals surface area contributed by atoms with Crippen molar-refractivity contribution >= 4 is 21.7 Å². The van der Waals surface area contributed by atoms with Crippen molar-refractivity contribution < 1.29 is 30.9 Å². The highest BCUT2D eigenvalue weighted by atomic mass is 32.2. The average molecular weight is 432 g/mol. The lowest BCUT2D eigenvalue weighted by Gasteiger charge is -2.34. The summed E-state index contributed by atoms with van der Waals surface area (Å²) in [5.41, 5.74) is -1.14. The normalized spacial score (nSPS) is 17.2. The van der Waals surface area contributed by atoms with Gasteiger partial charge in [-0.05, 0) is 37.8 Å². The van der Waals surface area contributed by atoms with Gasteiger partial charge in [0.15, 0.2) is 15.7 Å². The summed E-state index contributed by atoms with van der Waals surface area (Å²) in [4.78, 5) is 16.7. The molecule has 0 bridgehead atoms. The smallest absolute Gasteiger partial charge is 0.363 e. The standard InChI is InChI=1S/C17H19F3N4O4S/c1-11(29(26,27)13-2-3-14(21-10-13)17(18,19)20)12-4-7-24(8-5-12)16(25)22-15-6-9-28-23-15/h2-3,6,9-12H,4-5,7-8H2,1H3,(H,22,23,25)/t11-/m0/s1. The second-order valence-electron chi connectivity index (χ2n) is 6.77. The molecule has 1 N–H and O–H groups in total. The van der Waals surface area contributed by atoms with E-state index in [-0.39, 0.29) is 22.7 Å². The Bertz CT molecular complexity index is 938. The quantitative estimate of drug-likeness (QED) is 0.796. The number of hydrogen-bond donors (Lipinski definition) is 1. The molecule has 2 aromatic rings. The highest BCUT2D eigenvalue weighted by Gasteiger charge is 2.36. The highest BCUT2D eigenvalue weighted by Crippen LogP contribution is 2.31. The molecular weight excluding hydrogens is 413 g/mol. The monoisotopic (exact) mass is 432 g/mol. The largest absolute Gasteiger partial charge is 0.433 e. The molecule has 0 radical (unpaired) electrons. The van der Waals surface area contributed by atoms with E-state index >= 15 is 0 Å². The van der Waals surface area contributed by atoms with E-state index in [1.165, 1.54) is 19.3 Å². The topological polar surface area (TPSA) is 105 Å². The third kappa shape index (κ3) is 4.69. The average Bonchev–Trinajstić information content (AvgIpc) is 3.20. The molecule has 1 atom stereocenters. The van der Waals surface area contributed by atoms with Gasteiger partial charge in [0.1, 0.15) is 12.0 Å². The number of amides is 2. The Hall–Kier alpha value is -2.63. The molecule has 0 aliphatic carbocycles. The van der Waals surface area contributed by atoms with Crippen LogP contribution >= 0.6 is 0 Å². The number of nitrogens with one attached hydrogen (secondary N) is 1. The first-order chi connectivity index (χ1) is 13.6. The molecule has 8 nitrogen and oxygen atoms in total. The van der Waals surface area contributed by atoms with Crippen LogP contribution < -0.4 is 5.32 Å². The molecule has 1 aliphatic rings. The molecular formula is C17H19F3N4O4S. The number of piperidine rings is 1. The first-order valence-corrected chi connectivity index (χ1v) is 10.4. The molecule has 0 spiro atoms. The van der Waals surface area contributed by atoms with E-state index in [1.54, 1.807) is 4.90 Å². The Morgan fingerprint density at radius 1 is 1.28 bits per heavy atom. The van der Waals surface area contributed by atoms with Gasteiger partial charge in [0.25, 0.3) is 0 Å². The number of urea groups is 1. The number of pyridine rings is 1. The van der Waals surface area contributed by atoms with Crippen LogP contribution in [0.1, 0.15) is 25.5 Å². The van der Waals surface area contributed by atoms with Crippen LogP contribution in [0.3, 0.4) is 0 Å². The molecule has 2 amide bonds. The van der Waals surface area contributed by atoms with Crippen LogP contribution in [0, 0.1) is 5.92 Å². The summed E-state index contributed by atoms with van der Waals surface area (Å²) < 4.78 is 68.1. The Morgan fingerprint density at radius 3 is 2.48 bits per heavy atom. The van der Waals surface area contributed by atoms with Crippen molar-refractivity contribution in [3.05, 3.63) is 36.4 Å². The SMILES string of the molecule is C[C@@H](C1CCN(C(=O)Nc2ccon2)CC1)S(=O)(=O)c1ccc(C(F)(F)F)nc1. The number of aromatic nitrogens is 2. The fraction of sp³-hybridized carbons (Fsp3) is 0.471. The Labute approximate surface area is 165 Å². The molecule has 0 saturated carbocycles. The highest BCUT2D eigenvalue weighted by molar-refractivity contribution is 7.92. The minimum atomic E-state index is -4.63. The molecule has 29 heavy (non-hydrogen) atoms. The molecule has 158 valence electrons. The van der Waals surface area contributed by atoms with Gasteiger partial charge in [-0.15, -0.1) is 0 Å². The number of sulfone groups is 1. The summed E-state index contributed by atoms with van der Waals surface area (Å²) in [6.45, 7) is 2.22. The van der Waals surface area contributed by atoms with E-state index in [4.69, 9.17) is 0 Å². The first-order valence-electron chi connectivity index (χ1n) is 8.82. The van der Waals surface area contributed by atoms with Crippen LogP contribution in [-0.4, -0.2) is 47.8 Å². The molecule has 12 heteroatoms. The maximum atomic E-state index is 12.8. The Kier molecular flexibility index (Phi) is 5.82. The first kappa shape index (κ1) is 21.1. The van der Waals surface area contributed by atoms with Gasteiger partial charge in [-0.2, -0.15) is 13.2 Å². The lowest BCUT2D eigenvalue weighted by molar-refractivity contribution is -0.141. The number of carbonyl (C=O) groups is 1. The van der Waals surface area contributed by atoms with Crippen LogP contribution in [0.25, 0.3) is 0 Å². The number of rotatable bonds is 4. The second kappa shape index (κ2) is 8.01. The summed E-state index contributed by atoms with van der Waals surface area (Å²) in [5, 5.41) is 5.35. The van der Waals surface area contributed by atoms with E-state index in [2.05, 4.69) is 20.0 Å². The van der Waals surface area contributed by atoms with Gasteiger partial charge in [-0.25, -0.2) is 13.2 Å². The molecule has 0 aromatic carbocycles. The molecule has 1 aliphatic heterocycles. The van der Waals surface area contributed by atoms with Crippen LogP contribution in [0.5, 0.6) is 0 Å².